The highest BCUT2D eigenvalue weighted by Gasteiger charge is 2.24. The maximum Gasteiger partial charge on any atom is 0.269 e. The normalized spacial score (nSPS) is 13.7. The van der Waals surface area contributed by atoms with Crippen LogP contribution in [-0.2, 0) is 0 Å². The van der Waals surface area contributed by atoms with Gasteiger partial charge < -0.3 is 15.1 Å². The number of benzene rings is 2. The van der Waals surface area contributed by atoms with Crippen LogP contribution < -0.4 is 10.2 Å². The van der Waals surface area contributed by atoms with Gasteiger partial charge in [0.1, 0.15) is 17.5 Å². The lowest BCUT2D eigenvalue weighted by molar-refractivity contribution is -0.384. The number of nitro groups is 1. The highest BCUT2D eigenvalue weighted by molar-refractivity contribution is 5.94. The molecule has 0 atom stereocenters. The minimum absolute atomic E-state index is 0.0273. The van der Waals surface area contributed by atoms with Gasteiger partial charge in [0, 0.05) is 55.6 Å². The van der Waals surface area contributed by atoms with Gasteiger partial charge in [0.05, 0.1) is 4.92 Å². The predicted molar refractivity (Wildman–Crippen MR) is 122 cm³/mol. The van der Waals surface area contributed by atoms with E-state index in [1.54, 1.807) is 4.90 Å². The number of carbonyl (C=O) groups excluding carboxylic acids is 1. The molecule has 4 rings (SSSR count). The molecule has 0 spiro atoms. The van der Waals surface area contributed by atoms with Crippen LogP contribution in [0.25, 0.3) is 0 Å². The Kier molecular flexibility index (Phi) is 5.98. The molecule has 0 radical (unpaired) electrons. The number of amides is 1. The van der Waals surface area contributed by atoms with E-state index in [4.69, 9.17) is 0 Å². The van der Waals surface area contributed by atoms with Crippen LogP contribution in [-0.4, -0.2) is 51.9 Å². The first-order valence-electron chi connectivity index (χ1n) is 10.4. The summed E-state index contributed by atoms with van der Waals surface area (Å²) in [7, 11) is 0. The molecule has 0 unspecified atom stereocenters. The van der Waals surface area contributed by atoms with Crippen molar-refractivity contribution in [1.82, 2.24) is 14.9 Å². The van der Waals surface area contributed by atoms with Crippen molar-refractivity contribution in [3.63, 3.8) is 0 Å². The van der Waals surface area contributed by atoms with Crippen LogP contribution >= 0.6 is 0 Å². The molecule has 0 saturated carbocycles. The molecule has 0 bridgehead atoms. The molecular weight excluding hydrogens is 408 g/mol. The maximum atomic E-state index is 12.8. The van der Waals surface area contributed by atoms with Crippen molar-refractivity contribution < 1.29 is 9.72 Å². The van der Waals surface area contributed by atoms with Gasteiger partial charge in [-0.3, -0.25) is 14.9 Å². The zero-order chi connectivity index (χ0) is 22.7. The van der Waals surface area contributed by atoms with E-state index in [-0.39, 0.29) is 11.6 Å². The Morgan fingerprint density at radius 1 is 0.969 bits per heavy atom. The molecule has 164 valence electrons. The number of rotatable bonds is 5. The van der Waals surface area contributed by atoms with E-state index in [0.717, 1.165) is 17.3 Å². The SMILES string of the molecule is Cc1ccc(Nc2cc(N3CCN(C(=O)c4ccc([N+](=O)[O-])cc4)CC3)nc(C)n2)cc1. The Labute approximate surface area is 185 Å². The second-order valence-electron chi connectivity index (χ2n) is 7.73. The number of piperazine rings is 1. The quantitative estimate of drug-likeness (QED) is 0.484. The number of aromatic nitrogens is 2. The lowest BCUT2D eigenvalue weighted by Gasteiger charge is -2.35. The minimum atomic E-state index is -0.474. The Balaban J connectivity index is 1.41. The molecule has 1 amide bonds. The van der Waals surface area contributed by atoms with Crippen molar-refractivity contribution in [2.45, 2.75) is 13.8 Å². The van der Waals surface area contributed by atoms with Crippen molar-refractivity contribution in [2.24, 2.45) is 0 Å². The Morgan fingerprint density at radius 3 is 2.25 bits per heavy atom. The topological polar surface area (TPSA) is 104 Å². The van der Waals surface area contributed by atoms with Crippen LogP contribution in [0.1, 0.15) is 21.7 Å². The summed E-state index contributed by atoms with van der Waals surface area (Å²) in [6, 6.07) is 15.7. The van der Waals surface area contributed by atoms with Gasteiger partial charge in [0.25, 0.3) is 11.6 Å². The van der Waals surface area contributed by atoms with E-state index in [1.807, 2.05) is 44.2 Å². The predicted octanol–water partition coefficient (Wildman–Crippen LogP) is 3.71. The van der Waals surface area contributed by atoms with E-state index in [1.165, 1.54) is 29.8 Å². The second kappa shape index (κ2) is 9.01. The summed E-state index contributed by atoms with van der Waals surface area (Å²) in [5.74, 6) is 2.08. The van der Waals surface area contributed by atoms with Crippen molar-refractivity contribution in [2.75, 3.05) is 36.4 Å². The second-order valence-corrected chi connectivity index (χ2v) is 7.73. The average Bonchev–Trinajstić information content (AvgIpc) is 2.80. The van der Waals surface area contributed by atoms with Gasteiger partial charge in [-0.1, -0.05) is 17.7 Å². The van der Waals surface area contributed by atoms with Gasteiger partial charge in [-0.05, 0) is 38.1 Å². The number of nitrogens with zero attached hydrogens (tertiary/aromatic N) is 5. The van der Waals surface area contributed by atoms with Crippen LogP contribution in [0.5, 0.6) is 0 Å². The van der Waals surface area contributed by atoms with E-state index >= 15 is 0 Å². The molecule has 1 aromatic heterocycles. The van der Waals surface area contributed by atoms with Crippen molar-refractivity contribution in [3.05, 3.63) is 81.7 Å². The number of hydrogen-bond acceptors (Lipinski definition) is 7. The van der Waals surface area contributed by atoms with Crippen molar-refractivity contribution in [3.8, 4) is 0 Å². The van der Waals surface area contributed by atoms with Gasteiger partial charge in [-0.2, -0.15) is 0 Å². The molecule has 0 aliphatic carbocycles. The average molecular weight is 432 g/mol. The summed E-state index contributed by atoms with van der Waals surface area (Å²) < 4.78 is 0. The number of hydrogen-bond donors (Lipinski definition) is 1. The Bertz CT molecular complexity index is 1120. The molecule has 1 fully saturated rings. The van der Waals surface area contributed by atoms with Crippen LogP contribution in [0, 0.1) is 24.0 Å². The summed E-state index contributed by atoms with van der Waals surface area (Å²) >= 11 is 0. The molecule has 1 saturated heterocycles. The fourth-order valence-corrected chi connectivity index (χ4v) is 3.61. The summed E-state index contributed by atoms with van der Waals surface area (Å²) in [5.41, 5.74) is 2.57. The van der Waals surface area contributed by atoms with E-state index in [2.05, 4.69) is 20.2 Å². The lowest BCUT2D eigenvalue weighted by atomic mass is 10.1. The standard InChI is InChI=1S/C23H24N6O3/c1-16-3-7-19(8-4-16)26-21-15-22(25-17(2)24-21)27-11-13-28(14-12-27)23(30)18-5-9-20(10-6-18)29(31)32/h3-10,15H,11-14H2,1-2H3,(H,24,25,26). The molecule has 2 aromatic carbocycles. The van der Waals surface area contributed by atoms with E-state index in [9.17, 15) is 14.9 Å². The Hall–Kier alpha value is -4.01. The molecule has 9 nitrogen and oxygen atoms in total. The maximum absolute atomic E-state index is 12.8. The summed E-state index contributed by atoms with van der Waals surface area (Å²) in [6.07, 6.45) is 0. The zero-order valence-corrected chi connectivity index (χ0v) is 18.0. The van der Waals surface area contributed by atoms with Crippen molar-refractivity contribution >= 4 is 28.9 Å². The van der Waals surface area contributed by atoms with E-state index < -0.39 is 4.92 Å². The summed E-state index contributed by atoms with van der Waals surface area (Å²) in [6.45, 7) is 6.26. The van der Waals surface area contributed by atoms with Crippen LogP contribution in [0.2, 0.25) is 0 Å². The molecule has 3 aromatic rings. The molecule has 1 N–H and O–H groups in total. The zero-order valence-electron chi connectivity index (χ0n) is 18.0. The molecule has 9 heteroatoms. The monoisotopic (exact) mass is 432 g/mol. The third kappa shape index (κ3) is 4.83. The molecule has 1 aliphatic rings. The molecule has 2 heterocycles. The number of anilines is 3. The number of nitro benzene ring substituents is 1. The minimum Gasteiger partial charge on any atom is -0.353 e. The molecule has 32 heavy (non-hydrogen) atoms. The van der Waals surface area contributed by atoms with Gasteiger partial charge in [0.15, 0.2) is 0 Å². The Morgan fingerprint density at radius 2 is 1.62 bits per heavy atom. The van der Waals surface area contributed by atoms with Crippen LogP contribution in [0.4, 0.5) is 23.0 Å². The fraction of sp³-hybridized carbons (Fsp3) is 0.261. The highest BCUT2D eigenvalue weighted by atomic mass is 16.6. The van der Waals surface area contributed by atoms with Crippen molar-refractivity contribution in [1.29, 1.82) is 0 Å². The summed E-state index contributed by atoms with van der Waals surface area (Å²) in [5, 5.41) is 14.1. The number of non-ortho nitro benzene ring substituents is 1. The van der Waals surface area contributed by atoms with Crippen LogP contribution in [0.15, 0.2) is 54.6 Å². The molecular formula is C23H24N6O3. The van der Waals surface area contributed by atoms with Gasteiger partial charge in [-0.15, -0.1) is 0 Å². The van der Waals surface area contributed by atoms with Gasteiger partial charge in [0.2, 0.25) is 0 Å². The fourth-order valence-electron chi connectivity index (χ4n) is 3.61. The number of nitrogens with one attached hydrogen (secondary N) is 1. The first-order chi connectivity index (χ1) is 15.4. The highest BCUT2D eigenvalue weighted by Crippen LogP contribution is 2.22. The molecule has 1 aliphatic heterocycles. The van der Waals surface area contributed by atoms with Gasteiger partial charge >= 0.3 is 0 Å². The first-order valence-corrected chi connectivity index (χ1v) is 10.4. The number of carbonyl (C=O) groups is 1. The number of aryl methyl sites for hydroxylation is 2. The van der Waals surface area contributed by atoms with Crippen LogP contribution in [0.3, 0.4) is 0 Å². The smallest absolute Gasteiger partial charge is 0.269 e. The van der Waals surface area contributed by atoms with Gasteiger partial charge in [-0.25, -0.2) is 9.97 Å². The third-order valence-corrected chi connectivity index (χ3v) is 5.36. The summed E-state index contributed by atoms with van der Waals surface area (Å²) in [4.78, 5) is 36.1. The first kappa shape index (κ1) is 21.2. The lowest BCUT2D eigenvalue weighted by Crippen LogP contribution is -2.49. The largest absolute Gasteiger partial charge is 0.353 e. The third-order valence-electron chi connectivity index (χ3n) is 5.36. The van der Waals surface area contributed by atoms with E-state index in [0.29, 0.717) is 37.6 Å².